The molecule has 1 heterocycles. The van der Waals surface area contributed by atoms with Crippen LogP contribution in [-0.4, -0.2) is 22.6 Å². The maximum Gasteiger partial charge on any atom is 0.217 e. The lowest BCUT2D eigenvalue weighted by atomic mass is 10.3. The third kappa shape index (κ3) is 4.05. The summed E-state index contributed by atoms with van der Waals surface area (Å²) in [5.74, 6) is 0.438. The summed E-state index contributed by atoms with van der Waals surface area (Å²) in [6, 6.07) is 3.61. The van der Waals surface area contributed by atoms with Gasteiger partial charge in [0.25, 0.3) is 0 Å². The molecule has 0 spiro atoms. The third-order valence-electron chi connectivity index (χ3n) is 1.48. The van der Waals surface area contributed by atoms with Gasteiger partial charge < -0.3 is 11.1 Å². The number of nitrogens with zero attached hydrogens (tertiary/aromatic N) is 2. The Morgan fingerprint density at radius 3 is 3.08 bits per heavy atom. The van der Waals surface area contributed by atoms with Gasteiger partial charge in [0, 0.05) is 19.2 Å². The van der Waals surface area contributed by atoms with Crippen molar-refractivity contribution in [2.24, 2.45) is 5.73 Å². The van der Waals surface area contributed by atoms with Crippen molar-refractivity contribution in [2.45, 2.75) is 12.8 Å². The molecule has 70 valence electrons. The van der Waals surface area contributed by atoms with Gasteiger partial charge in [0.05, 0.1) is 0 Å². The monoisotopic (exact) mass is 180 g/mol. The molecule has 1 aromatic rings. The molecule has 0 fully saturated rings. The molecule has 0 saturated heterocycles. The Morgan fingerprint density at radius 1 is 1.62 bits per heavy atom. The second kappa shape index (κ2) is 5.08. The first kappa shape index (κ1) is 9.44. The lowest BCUT2D eigenvalue weighted by Crippen LogP contribution is -2.13. The van der Waals surface area contributed by atoms with Gasteiger partial charge >= 0.3 is 0 Å². The summed E-state index contributed by atoms with van der Waals surface area (Å²) in [4.78, 5) is 10.4. The number of carbonyl (C=O) groups excluding carboxylic acids is 1. The smallest absolute Gasteiger partial charge is 0.217 e. The molecular weight excluding hydrogens is 168 g/mol. The highest BCUT2D eigenvalue weighted by molar-refractivity contribution is 5.73. The van der Waals surface area contributed by atoms with Crippen LogP contribution < -0.4 is 11.1 Å². The van der Waals surface area contributed by atoms with Crippen LogP contribution in [-0.2, 0) is 4.79 Å². The summed E-state index contributed by atoms with van der Waals surface area (Å²) in [6.07, 6.45) is 2.72. The Bertz CT molecular complexity index is 262. The standard InChI is InChI=1S/C8H12N4O/c9-7(13)3-1-5-10-8-4-2-6-11-12-8/h2,4,6H,1,3,5H2,(H2,9,13)(H,10,12). The topological polar surface area (TPSA) is 80.9 Å². The molecule has 0 aliphatic carbocycles. The van der Waals surface area contributed by atoms with Crippen molar-refractivity contribution in [1.29, 1.82) is 0 Å². The van der Waals surface area contributed by atoms with E-state index in [9.17, 15) is 4.79 Å². The molecule has 3 N–H and O–H groups in total. The number of aromatic nitrogens is 2. The fraction of sp³-hybridized carbons (Fsp3) is 0.375. The minimum Gasteiger partial charge on any atom is -0.370 e. The van der Waals surface area contributed by atoms with Crippen LogP contribution in [0.3, 0.4) is 0 Å². The van der Waals surface area contributed by atoms with Gasteiger partial charge in [0.1, 0.15) is 5.82 Å². The second-order valence-corrected chi connectivity index (χ2v) is 2.61. The maximum absolute atomic E-state index is 10.4. The Kier molecular flexibility index (Phi) is 3.69. The molecule has 0 aliphatic rings. The van der Waals surface area contributed by atoms with Gasteiger partial charge in [-0.2, -0.15) is 5.10 Å². The molecule has 13 heavy (non-hydrogen) atoms. The molecule has 0 aliphatic heterocycles. The predicted octanol–water partition coefficient (Wildman–Crippen LogP) is 0.154. The van der Waals surface area contributed by atoms with Gasteiger partial charge in [-0.05, 0) is 18.6 Å². The zero-order valence-corrected chi connectivity index (χ0v) is 7.23. The summed E-state index contributed by atoms with van der Waals surface area (Å²) in [5.41, 5.74) is 4.98. The molecule has 0 aromatic carbocycles. The van der Waals surface area contributed by atoms with Crippen LogP contribution in [0.1, 0.15) is 12.8 Å². The van der Waals surface area contributed by atoms with Crippen LogP contribution in [0.2, 0.25) is 0 Å². The van der Waals surface area contributed by atoms with Gasteiger partial charge in [0.2, 0.25) is 5.91 Å². The second-order valence-electron chi connectivity index (χ2n) is 2.61. The summed E-state index contributed by atoms with van der Waals surface area (Å²) < 4.78 is 0. The lowest BCUT2D eigenvalue weighted by molar-refractivity contribution is -0.118. The van der Waals surface area contributed by atoms with E-state index in [0.717, 1.165) is 0 Å². The van der Waals surface area contributed by atoms with E-state index in [1.807, 2.05) is 6.07 Å². The fourth-order valence-corrected chi connectivity index (χ4v) is 0.875. The lowest BCUT2D eigenvalue weighted by Gasteiger charge is -2.01. The number of nitrogens with one attached hydrogen (secondary N) is 1. The number of primary amides is 1. The van der Waals surface area contributed by atoms with E-state index >= 15 is 0 Å². The van der Waals surface area contributed by atoms with Crippen LogP contribution in [0, 0.1) is 0 Å². The van der Waals surface area contributed by atoms with Crippen LogP contribution in [0.4, 0.5) is 5.82 Å². The maximum atomic E-state index is 10.4. The Labute approximate surface area is 76.4 Å². The van der Waals surface area contributed by atoms with Crippen molar-refractivity contribution in [3.8, 4) is 0 Å². The Morgan fingerprint density at radius 2 is 2.46 bits per heavy atom. The van der Waals surface area contributed by atoms with Crippen LogP contribution >= 0.6 is 0 Å². The summed E-state index contributed by atoms with van der Waals surface area (Å²) in [6.45, 7) is 0.682. The van der Waals surface area contributed by atoms with E-state index in [2.05, 4.69) is 15.5 Å². The largest absolute Gasteiger partial charge is 0.370 e. The average Bonchev–Trinajstić information content (AvgIpc) is 2.14. The predicted molar refractivity (Wildman–Crippen MR) is 49.0 cm³/mol. The van der Waals surface area contributed by atoms with E-state index in [-0.39, 0.29) is 5.91 Å². The normalized spacial score (nSPS) is 9.54. The first-order valence-corrected chi connectivity index (χ1v) is 4.09. The van der Waals surface area contributed by atoms with E-state index in [1.54, 1.807) is 12.3 Å². The van der Waals surface area contributed by atoms with Gasteiger partial charge in [-0.3, -0.25) is 4.79 Å². The van der Waals surface area contributed by atoms with Gasteiger partial charge in [-0.1, -0.05) is 0 Å². The number of hydrogen-bond acceptors (Lipinski definition) is 4. The van der Waals surface area contributed by atoms with Gasteiger partial charge in [-0.25, -0.2) is 0 Å². The van der Waals surface area contributed by atoms with Crippen molar-refractivity contribution in [3.05, 3.63) is 18.3 Å². The number of anilines is 1. The molecule has 1 aromatic heterocycles. The summed E-state index contributed by atoms with van der Waals surface area (Å²) >= 11 is 0. The van der Waals surface area contributed by atoms with E-state index in [0.29, 0.717) is 25.2 Å². The highest BCUT2D eigenvalue weighted by Gasteiger charge is 1.94. The molecule has 5 nitrogen and oxygen atoms in total. The minimum atomic E-state index is -0.277. The number of hydrogen-bond donors (Lipinski definition) is 2. The molecule has 5 heteroatoms. The van der Waals surface area contributed by atoms with E-state index in [1.165, 1.54) is 0 Å². The minimum absolute atomic E-state index is 0.277. The summed E-state index contributed by atoms with van der Waals surface area (Å²) in [7, 11) is 0. The first-order chi connectivity index (χ1) is 6.29. The first-order valence-electron chi connectivity index (χ1n) is 4.09. The van der Waals surface area contributed by atoms with Crippen molar-refractivity contribution in [3.63, 3.8) is 0 Å². The molecule has 0 radical (unpaired) electrons. The average molecular weight is 180 g/mol. The Balaban J connectivity index is 2.17. The molecule has 0 bridgehead atoms. The van der Waals surface area contributed by atoms with E-state index < -0.39 is 0 Å². The van der Waals surface area contributed by atoms with Crippen LogP contribution in [0.15, 0.2) is 18.3 Å². The number of nitrogens with two attached hydrogens (primary N) is 1. The molecule has 0 atom stereocenters. The quantitative estimate of drug-likeness (QED) is 0.632. The van der Waals surface area contributed by atoms with E-state index in [4.69, 9.17) is 5.73 Å². The zero-order valence-electron chi connectivity index (χ0n) is 7.23. The van der Waals surface area contributed by atoms with Crippen LogP contribution in [0.25, 0.3) is 0 Å². The van der Waals surface area contributed by atoms with Crippen LogP contribution in [0.5, 0.6) is 0 Å². The molecular formula is C8H12N4O. The Hall–Kier alpha value is -1.65. The van der Waals surface area contributed by atoms with Crippen molar-refractivity contribution >= 4 is 11.7 Å². The molecule has 0 saturated carbocycles. The third-order valence-corrected chi connectivity index (χ3v) is 1.48. The highest BCUT2D eigenvalue weighted by Crippen LogP contribution is 1.98. The van der Waals surface area contributed by atoms with Crippen molar-refractivity contribution < 1.29 is 4.79 Å². The molecule has 1 rings (SSSR count). The SMILES string of the molecule is NC(=O)CCCNc1cccnn1. The number of amides is 1. The molecule has 0 unspecified atom stereocenters. The van der Waals surface area contributed by atoms with Gasteiger partial charge in [0.15, 0.2) is 0 Å². The number of carbonyl (C=O) groups is 1. The highest BCUT2D eigenvalue weighted by atomic mass is 16.1. The summed E-state index contributed by atoms with van der Waals surface area (Å²) in [5, 5.41) is 10.5. The van der Waals surface area contributed by atoms with Gasteiger partial charge in [-0.15, -0.1) is 5.10 Å². The zero-order chi connectivity index (χ0) is 9.52. The van der Waals surface area contributed by atoms with Crippen molar-refractivity contribution in [1.82, 2.24) is 10.2 Å². The molecule has 1 amide bonds. The number of rotatable bonds is 5. The fourth-order valence-electron chi connectivity index (χ4n) is 0.875. The van der Waals surface area contributed by atoms with Crippen molar-refractivity contribution in [2.75, 3.05) is 11.9 Å².